The molecule has 3 heteroatoms. The van der Waals surface area contributed by atoms with Gasteiger partial charge in [0.25, 0.3) is 0 Å². The predicted molar refractivity (Wildman–Crippen MR) is 45.7 cm³/mol. The predicted octanol–water partition coefficient (Wildman–Crippen LogP) is 0.978. The van der Waals surface area contributed by atoms with E-state index in [-0.39, 0.29) is 5.91 Å². The van der Waals surface area contributed by atoms with Gasteiger partial charge in [0.2, 0.25) is 5.91 Å². The van der Waals surface area contributed by atoms with Crippen LogP contribution in [0.3, 0.4) is 0 Å². The maximum absolute atomic E-state index is 11.1. The maximum Gasteiger partial charge on any atom is 0.219 e. The van der Waals surface area contributed by atoms with Crippen LogP contribution in [-0.4, -0.2) is 29.7 Å². The lowest BCUT2D eigenvalue weighted by atomic mass is 10.1. The van der Waals surface area contributed by atoms with E-state index in [1.807, 2.05) is 0 Å². The molecule has 0 aromatic carbocycles. The molecule has 1 aliphatic rings. The number of carbonyl (C=O) groups is 2. The van der Waals surface area contributed by atoms with Gasteiger partial charge in [-0.1, -0.05) is 0 Å². The van der Waals surface area contributed by atoms with Crippen molar-refractivity contribution in [2.45, 2.75) is 32.6 Å². The topological polar surface area (TPSA) is 37.4 Å². The summed E-state index contributed by atoms with van der Waals surface area (Å²) in [5, 5.41) is 0. The molecule has 68 valence electrons. The maximum atomic E-state index is 11.1. The Morgan fingerprint density at radius 2 is 2.00 bits per heavy atom. The van der Waals surface area contributed by atoms with Crippen LogP contribution in [0, 0.1) is 0 Å². The quantitative estimate of drug-likeness (QED) is 0.542. The molecule has 0 aliphatic carbocycles. The zero-order chi connectivity index (χ0) is 8.97. The van der Waals surface area contributed by atoms with E-state index in [4.69, 9.17) is 0 Å². The summed E-state index contributed by atoms with van der Waals surface area (Å²) >= 11 is 0. The fourth-order valence-electron chi connectivity index (χ4n) is 1.44. The van der Waals surface area contributed by atoms with Crippen molar-refractivity contribution in [1.29, 1.82) is 0 Å². The third-order valence-corrected chi connectivity index (χ3v) is 2.24. The summed E-state index contributed by atoms with van der Waals surface area (Å²) in [4.78, 5) is 23.8. The minimum Gasteiger partial charge on any atom is -0.343 e. The summed E-state index contributed by atoms with van der Waals surface area (Å²) in [6.07, 6.45) is 3.14. The molecule has 1 rings (SSSR count). The normalized spacial score (nSPS) is 20.1. The Morgan fingerprint density at radius 3 is 2.67 bits per heavy atom. The molecule has 1 fully saturated rings. The van der Waals surface area contributed by atoms with Gasteiger partial charge >= 0.3 is 0 Å². The van der Waals surface area contributed by atoms with Crippen LogP contribution in [0.4, 0.5) is 0 Å². The van der Waals surface area contributed by atoms with Crippen LogP contribution >= 0.6 is 0 Å². The zero-order valence-corrected chi connectivity index (χ0v) is 7.51. The first-order chi connectivity index (χ1) is 5.70. The molecule has 0 saturated carbocycles. The molecule has 1 heterocycles. The Bertz CT molecular complexity index is 187. The summed E-state index contributed by atoms with van der Waals surface area (Å²) in [7, 11) is 0. The lowest BCUT2D eigenvalue weighted by Gasteiger charge is -2.22. The molecule has 0 spiro atoms. The molecule has 3 nitrogen and oxygen atoms in total. The Hall–Kier alpha value is -0.860. The second kappa shape index (κ2) is 4.24. The number of hydrogen-bond donors (Lipinski definition) is 0. The van der Waals surface area contributed by atoms with E-state index in [1.54, 1.807) is 11.8 Å². The highest BCUT2D eigenvalue weighted by molar-refractivity contribution is 5.80. The van der Waals surface area contributed by atoms with E-state index in [0.717, 1.165) is 19.4 Å². The van der Waals surface area contributed by atoms with E-state index < -0.39 is 0 Å². The summed E-state index contributed by atoms with van der Waals surface area (Å²) < 4.78 is 0. The van der Waals surface area contributed by atoms with Crippen molar-refractivity contribution < 1.29 is 9.59 Å². The summed E-state index contributed by atoms with van der Waals surface area (Å²) in [6.45, 7) is 3.00. The first-order valence-corrected chi connectivity index (χ1v) is 4.47. The number of Topliss-reactive ketones (excluding diaryl/α,β-unsaturated/α-hetero) is 1. The van der Waals surface area contributed by atoms with Gasteiger partial charge in [-0.15, -0.1) is 0 Å². The van der Waals surface area contributed by atoms with Crippen LogP contribution in [0.1, 0.15) is 32.6 Å². The molecule has 1 amide bonds. The summed E-state index contributed by atoms with van der Waals surface area (Å²) in [6, 6.07) is 0. The molecule has 1 saturated heterocycles. The first kappa shape index (κ1) is 9.23. The first-order valence-electron chi connectivity index (χ1n) is 4.47. The largest absolute Gasteiger partial charge is 0.343 e. The average Bonchev–Trinajstić information content (AvgIpc) is 1.97. The molecular formula is C9H15NO2. The SMILES string of the molecule is CC(=O)N1CCCCC(=O)CC1. The third kappa shape index (κ3) is 2.64. The Morgan fingerprint density at radius 1 is 1.25 bits per heavy atom. The van der Waals surface area contributed by atoms with Gasteiger partial charge < -0.3 is 4.90 Å². The van der Waals surface area contributed by atoms with Crippen molar-refractivity contribution in [3.8, 4) is 0 Å². The molecule has 0 aromatic rings. The monoisotopic (exact) mass is 169 g/mol. The Kier molecular flexibility index (Phi) is 3.26. The van der Waals surface area contributed by atoms with E-state index in [0.29, 0.717) is 25.2 Å². The fourth-order valence-corrected chi connectivity index (χ4v) is 1.44. The van der Waals surface area contributed by atoms with Crippen LogP contribution in [0.15, 0.2) is 0 Å². The van der Waals surface area contributed by atoms with E-state index >= 15 is 0 Å². The van der Waals surface area contributed by atoms with Gasteiger partial charge in [0.05, 0.1) is 0 Å². The van der Waals surface area contributed by atoms with Crippen LogP contribution in [0.5, 0.6) is 0 Å². The second-order valence-corrected chi connectivity index (χ2v) is 3.25. The highest BCUT2D eigenvalue weighted by Gasteiger charge is 2.13. The van der Waals surface area contributed by atoms with Crippen LogP contribution in [-0.2, 0) is 9.59 Å². The lowest BCUT2D eigenvalue weighted by Crippen LogP contribution is -2.33. The van der Waals surface area contributed by atoms with Crippen LogP contribution < -0.4 is 0 Å². The van der Waals surface area contributed by atoms with Crippen molar-refractivity contribution in [1.82, 2.24) is 4.90 Å². The van der Waals surface area contributed by atoms with Crippen molar-refractivity contribution in [3.63, 3.8) is 0 Å². The molecule has 0 radical (unpaired) electrons. The van der Waals surface area contributed by atoms with Crippen LogP contribution in [0.25, 0.3) is 0 Å². The van der Waals surface area contributed by atoms with Crippen molar-refractivity contribution in [2.24, 2.45) is 0 Å². The molecule has 0 N–H and O–H groups in total. The number of ketones is 1. The molecule has 0 unspecified atom stereocenters. The highest BCUT2D eigenvalue weighted by atomic mass is 16.2. The van der Waals surface area contributed by atoms with Crippen molar-refractivity contribution in [2.75, 3.05) is 13.1 Å². The van der Waals surface area contributed by atoms with Gasteiger partial charge in [-0.3, -0.25) is 9.59 Å². The molecule has 12 heavy (non-hydrogen) atoms. The Labute approximate surface area is 72.7 Å². The zero-order valence-electron chi connectivity index (χ0n) is 7.51. The third-order valence-electron chi connectivity index (χ3n) is 2.24. The Balaban J connectivity index is 2.44. The van der Waals surface area contributed by atoms with Gasteiger partial charge in [0.1, 0.15) is 5.78 Å². The van der Waals surface area contributed by atoms with Gasteiger partial charge in [0, 0.05) is 32.9 Å². The number of carbonyl (C=O) groups excluding carboxylic acids is 2. The van der Waals surface area contributed by atoms with Crippen molar-refractivity contribution in [3.05, 3.63) is 0 Å². The van der Waals surface area contributed by atoms with E-state index in [1.165, 1.54) is 0 Å². The fraction of sp³-hybridized carbons (Fsp3) is 0.778. The molecule has 0 aromatic heterocycles. The summed E-state index contributed by atoms with van der Waals surface area (Å²) in [5.74, 6) is 0.380. The molecule has 0 atom stereocenters. The number of hydrogen-bond acceptors (Lipinski definition) is 2. The summed E-state index contributed by atoms with van der Waals surface area (Å²) in [5.41, 5.74) is 0. The minimum atomic E-state index is 0.0877. The second-order valence-electron chi connectivity index (χ2n) is 3.25. The van der Waals surface area contributed by atoms with Crippen LogP contribution in [0.2, 0.25) is 0 Å². The highest BCUT2D eigenvalue weighted by Crippen LogP contribution is 2.07. The van der Waals surface area contributed by atoms with Gasteiger partial charge in [-0.25, -0.2) is 0 Å². The number of amides is 1. The van der Waals surface area contributed by atoms with Gasteiger partial charge in [-0.05, 0) is 12.8 Å². The molecule has 1 aliphatic heterocycles. The van der Waals surface area contributed by atoms with Crippen molar-refractivity contribution >= 4 is 11.7 Å². The minimum absolute atomic E-state index is 0.0877. The molecular weight excluding hydrogens is 154 g/mol. The number of likely N-dealkylation sites (tertiary alicyclic amines) is 1. The van der Waals surface area contributed by atoms with E-state index in [9.17, 15) is 9.59 Å². The number of nitrogens with zero attached hydrogens (tertiary/aromatic N) is 1. The van der Waals surface area contributed by atoms with E-state index in [2.05, 4.69) is 0 Å². The smallest absolute Gasteiger partial charge is 0.219 e. The van der Waals surface area contributed by atoms with Gasteiger partial charge in [0.15, 0.2) is 0 Å². The lowest BCUT2D eigenvalue weighted by molar-refractivity contribution is -0.130. The standard InChI is InChI=1S/C9H15NO2/c1-8(11)10-6-3-2-4-9(12)5-7-10/h2-7H2,1H3. The molecule has 0 bridgehead atoms. The van der Waals surface area contributed by atoms with Gasteiger partial charge in [-0.2, -0.15) is 0 Å². The average molecular weight is 169 g/mol. The number of rotatable bonds is 0.